The van der Waals surface area contributed by atoms with Gasteiger partial charge in [0.15, 0.2) is 6.29 Å². The molecule has 35 heavy (non-hydrogen) atoms. The number of alkyl halides is 3. The maximum atomic E-state index is 13.4. The van der Waals surface area contributed by atoms with Gasteiger partial charge < -0.3 is 19.4 Å². The predicted molar refractivity (Wildman–Crippen MR) is 126 cm³/mol. The van der Waals surface area contributed by atoms with E-state index in [-0.39, 0.29) is 25.0 Å². The summed E-state index contributed by atoms with van der Waals surface area (Å²) in [4.78, 5) is 23.4. The van der Waals surface area contributed by atoms with Crippen molar-refractivity contribution in [1.29, 1.82) is 0 Å². The van der Waals surface area contributed by atoms with E-state index in [0.29, 0.717) is 5.47 Å². The molecule has 1 N–H and O–H groups in total. The molecule has 1 aliphatic heterocycles. The fourth-order valence-corrected chi connectivity index (χ4v) is 3.37. The van der Waals surface area contributed by atoms with Crippen LogP contribution in [0.4, 0.5) is 18.0 Å². The maximum absolute atomic E-state index is 13.4. The summed E-state index contributed by atoms with van der Waals surface area (Å²) in [6, 6.07) is 12.5. The van der Waals surface area contributed by atoms with E-state index < -0.39 is 41.7 Å². The molecule has 3 rings (SSSR count). The molecule has 6 nitrogen and oxygen atoms in total. The van der Waals surface area contributed by atoms with Crippen molar-refractivity contribution in [1.82, 2.24) is 5.32 Å². The van der Waals surface area contributed by atoms with Crippen molar-refractivity contribution in [2.45, 2.75) is 51.7 Å². The Hall–Kier alpha value is -3.11. The molecule has 0 radical (unpaired) electrons. The average Bonchev–Trinajstić information content (AvgIpc) is 3.01. The lowest BCUT2D eigenvalue weighted by Gasteiger charge is -2.32. The van der Waals surface area contributed by atoms with E-state index in [4.69, 9.17) is 14.0 Å². The van der Waals surface area contributed by atoms with Gasteiger partial charge in [0, 0.05) is 12.1 Å². The second-order valence-electron chi connectivity index (χ2n) is 9.19. The fourth-order valence-electron chi connectivity index (χ4n) is 3.37. The molecule has 186 valence electrons. The highest BCUT2D eigenvalue weighted by Gasteiger charge is 2.52. The number of nitrogens with one attached hydrogen (secondary N) is 1. The molecule has 0 spiro atoms. The molecule has 1 saturated heterocycles. The highest BCUT2D eigenvalue weighted by Crippen LogP contribution is 2.39. The second kappa shape index (κ2) is 10.3. The van der Waals surface area contributed by atoms with Crippen molar-refractivity contribution in [2.75, 3.05) is 6.54 Å². The molecule has 1 aliphatic rings. The quantitative estimate of drug-likeness (QED) is 0.413. The van der Waals surface area contributed by atoms with Gasteiger partial charge >= 0.3 is 19.4 Å². The summed E-state index contributed by atoms with van der Waals surface area (Å²) >= 11 is 0. The van der Waals surface area contributed by atoms with Gasteiger partial charge in [-0.05, 0) is 50.4 Å². The van der Waals surface area contributed by atoms with Crippen molar-refractivity contribution < 1.29 is 36.8 Å². The van der Waals surface area contributed by atoms with E-state index >= 15 is 0 Å². The highest BCUT2D eigenvalue weighted by molar-refractivity contribution is 6.56. The molecule has 0 aliphatic carbocycles. The van der Waals surface area contributed by atoms with Gasteiger partial charge in [0.1, 0.15) is 6.61 Å². The molecule has 0 unspecified atom stereocenters. The molecule has 0 saturated carbocycles. The molecule has 1 fully saturated rings. The molecule has 2 aromatic carbocycles. The monoisotopic (exact) mass is 489 g/mol. The third-order valence-electron chi connectivity index (χ3n) is 6.07. The molecular weight excluding hydrogens is 462 g/mol. The number of carbonyl (C=O) groups excluding carboxylic acids is 2. The minimum Gasteiger partial charge on any atom is -0.445 e. The molecule has 0 atom stereocenters. The summed E-state index contributed by atoms with van der Waals surface area (Å²) in [7, 11) is -0.922. The number of carbonyl (C=O) groups is 2. The van der Waals surface area contributed by atoms with Gasteiger partial charge in [-0.2, -0.15) is 13.2 Å². The van der Waals surface area contributed by atoms with Crippen LogP contribution >= 0.6 is 0 Å². The SMILES string of the molecule is CC1(C)OB(C(=Cc2ccc(C=O)c(C(F)(F)F)c2)CNC(=O)OCc2ccccc2)OC1(C)C. The summed E-state index contributed by atoms with van der Waals surface area (Å²) < 4.78 is 57.6. The molecule has 0 aromatic heterocycles. The lowest BCUT2D eigenvalue weighted by atomic mass is 9.77. The van der Waals surface area contributed by atoms with Crippen molar-refractivity contribution in [3.8, 4) is 0 Å². The zero-order chi connectivity index (χ0) is 25.9. The smallest absolute Gasteiger partial charge is 0.445 e. The maximum Gasteiger partial charge on any atom is 0.492 e. The fraction of sp³-hybridized carbons (Fsp3) is 0.360. The van der Waals surface area contributed by atoms with Crippen molar-refractivity contribution in [3.63, 3.8) is 0 Å². The minimum atomic E-state index is -4.70. The molecule has 10 heteroatoms. The number of aldehydes is 1. The van der Waals surface area contributed by atoms with E-state index in [2.05, 4.69) is 5.32 Å². The van der Waals surface area contributed by atoms with Gasteiger partial charge in [-0.3, -0.25) is 4.79 Å². The van der Waals surface area contributed by atoms with Gasteiger partial charge in [0.05, 0.1) is 16.8 Å². The number of amides is 1. The Morgan fingerprint density at radius 2 is 1.69 bits per heavy atom. The van der Waals surface area contributed by atoms with E-state index in [1.165, 1.54) is 12.1 Å². The number of halogens is 3. The van der Waals surface area contributed by atoms with Crippen LogP contribution in [-0.2, 0) is 26.8 Å². The van der Waals surface area contributed by atoms with Crippen LogP contribution in [0.25, 0.3) is 6.08 Å². The first-order valence-corrected chi connectivity index (χ1v) is 11.0. The van der Waals surface area contributed by atoms with Crippen LogP contribution in [-0.4, -0.2) is 37.2 Å². The molecule has 0 bridgehead atoms. The van der Waals surface area contributed by atoms with Crippen LogP contribution < -0.4 is 5.32 Å². The second-order valence-corrected chi connectivity index (χ2v) is 9.19. The van der Waals surface area contributed by atoms with Gasteiger partial charge in [-0.15, -0.1) is 0 Å². The molecule has 1 heterocycles. The normalized spacial score (nSPS) is 17.2. The summed E-state index contributed by atoms with van der Waals surface area (Å²) in [6.45, 7) is 7.32. The number of hydrogen-bond donors (Lipinski definition) is 1. The third-order valence-corrected chi connectivity index (χ3v) is 6.07. The van der Waals surface area contributed by atoms with Gasteiger partial charge in [-0.1, -0.05) is 48.5 Å². The van der Waals surface area contributed by atoms with Crippen molar-refractivity contribution in [2.24, 2.45) is 0 Å². The molecule has 1 amide bonds. The van der Waals surface area contributed by atoms with Crippen LogP contribution in [0.15, 0.2) is 54.0 Å². The zero-order valence-corrected chi connectivity index (χ0v) is 19.9. The first-order chi connectivity index (χ1) is 16.3. The zero-order valence-electron chi connectivity index (χ0n) is 19.9. The lowest BCUT2D eigenvalue weighted by Crippen LogP contribution is -2.41. The van der Waals surface area contributed by atoms with Crippen molar-refractivity contribution >= 4 is 25.6 Å². The Morgan fingerprint density at radius 3 is 2.26 bits per heavy atom. The standard InChI is InChI=1S/C25H27BF3NO5/c1-23(2)24(3,4)35-26(34-23)20(14-30-22(32)33-16-17-8-6-5-7-9-17)12-18-10-11-19(15-31)21(13-18)25(27,28)29/h5-13,15H,14,16H2,1-4H3,(H,30,32). The summed E-state index contributed by atoms with van der Waals surface area (Å²) in [5.41, 5.74) is -1.57. The van der Waals surface area contributed by atoms with E-state index in [0.717, 1.165) is 17.7 Å². The number of hydrogen-bond acceptors (Lipinski definition) is 5. The Bertz CT molecular complexity index is 1080. The summed E-state index contributed by atoms with van der Waals surface area (Å²) in [6.07, 6.45) is -3.80. The Morgan fingerprint density at radius 1 is 1.06 bits per heavy atom. The van der Waals surface area contributed by atoms with E-state index in [1.807, 2.05) is 58.0 Å². The van der Waals surface area contributed by atoms with Gasteiger partial charge in [-0.25, -0.2) is 4.79 Å². The topological polar surface area (TPSA) is 73.9 Å². The van der Waals surface area contributed by atoms with Gasteiger partial charge in [0.25, 0.3) is 0 Å². The Labute approximate surface area is 202 Å². The average molecular weight is 489 g/mol. The summed E-state index contributed by atoms with van der Waals surface area (Å²) in [5.74, 6) is 0. The third kappa shape index (κ3) is 6.52. The van der Waals surface area contributed by atoms with Gasteiger partial charge in [0.2, 0.25) is 0 Å². The number of benzene rings is 2. The number of alkyl carbamates (subject to hydrolysis) is 1. The summed E-state index contributed by atoms with van der Waals surface area (Å²) in [5, 5.41) is 2.60. The number of ether oxygens (including phenoxy) is 1. The highest BCUT2D eigenvalue weighted by atomic mass is 19.4. The van der Waals surface area contributed by atoms with Crippen molar-refractivity contribution in [3.05, 3.63) is 76.3 Å². The first-order valence-electron chi connectivity index (χ1n) is 11.0. The van der Waals surface area contributed by atoms with Crippen LogP contribution in [0, 0.1) is 0 Å². The van der Waals surface area contributed by atoms with E-state index in [1.54, 1.807) is 0 Å². The van der Waals surface area contributed by atoms with E-state index in [9.17, 15) is 22.8 Å². The lowest BCUT2D eigenvalue weighted by molar-refractivity contribution is -0.137. The minimum absolute atomic E-state index is 0.0598. The predicted octanol–water partition coefficient (Wildman–Crippen LogP) is 5.46. The van der Waals surface area contributed by atoms with Crippen LogP contribution in [0.3, 0.4) is 0 Å². The van der Waals surface area contributed by atoms with Crippen LogP contribution in [0.5, 0.6) is 0 Å². The Balaban J connectivity index is 1.84. The van der Waals surface area contributed by atoms with Crippen LogP contribution in [0.1, 0.15) is 54.7 Å². The Kier molecular flexibility index (Phi) is 7.76. The van der Waals surface area contributed by atoms with Crippen LogP contribution in [0.2, 0.25) is 0 Å². The molecule has 2 aromatic rings. The largest absolute Gasteiger partial charge is 0.492 e. The first kappa shape index (κ1) is 26.5. The molecular formula is C25H27BF3NO5. The number of rotatable bonds is 7.